The van der Waals surface area contributed by atoms with E-state index in [2.05, 4.69) is 16.0 Å². The van der Waals surface area contributed by atoms with Gasteiger partial charge >= 0.3 is 5.97 Å². The Bertz CT molecular complexity index is 1960. The Morgan fingerprint density at radius 3 is 2.39 bits per heavy atom. The Morgan fingerprint density at radius 1 is 0.961 bits per heavy atom. The van der Waals surface area contributed by atoms with Crippen LogP contribution in [0.5, 0.6) is 0 Å². The number of thioether (sulfide) groups is 1. The molecule has 0 unspecified atom stereocenters. The molecule has 4 aromatic rings. The summed E-state index contributed by atoms with van der Waals surface area (Å²) >= 11 is 2.54. The predicted molar refractivity (Wildman–Crippen MR) is 202 cm³/mol. The van der Waals surface area contributed by atoms with E-state index in [-0.39, 0.29) is 29.9 Å². The van der Waals surface area contributed by atoms with Crippen molar-refractivity contribution in [1.82, 2.24) is 10.2 Å². The molecule has 51 heavy (non-hydrogen) atoms. The molecule has 0 radical (unpaired) electrons. The number of esters is 1. The molecule has 4 amide bonds. The first-order valence-electron chi connectivity index (χ1n) is 16.3. The quantitative estimate of drug-likeness (QED) is 0.0915. The van der Waals surface area contributed by atoms with Gasteiger partial charge < -0.3 is 30.5 Å². The minimum atomic E-state index is -0.521. The monoisotopic (exact) mass is 725 g/mol. The Morgan fingerprint density at radius 2 is 1.71 bits per heavy atom. The minimum absolute atomic E-state index is 0.0308. The lowest BCUT2D eigenvalue weighted by Gasteiger charge is -2.25. The summed E-state index contributed by atoms with van der Waals surface area (Å²) in [4.78, 5) is 69.9. The van der Waals surface area contributed by atoms with E-state index in [0.29, 0.717) is 46.2 Å². The molecule has 0 saturated heterocycles. The molecule has 0 aliphatic carbocycles. The molecule has 1 aromatic heterocycles. The first-order valence-corrected chi connectivity index (χ1v) is 18.1. The molecular formula is C38H39N5O6S2. The Kier molecular flexibility index (Phi) is 12.3. The fourth-order valence-electron chi connectivity index (χ4n) is 5.33. The highest BCUT2D eigenvalue weighted by Crippen LogP contribution is 2.38. The van der Waals surface area contributed by atoms with E-state index in [9.17, 15) is 24.0 Å². The summed E-state index contributed by atoms with van der Waals surface area (Å²) in [5.41, 5.74) is 3.81. The third-order valence-electron chi connectivity index (χ3n) is 7.95. The van der Waals surface area contributed by atoms with Crippen molar-refractivity contribution in [1.29, 1.82) is 0 Å². The number of hydrogen-bond acceptors (Lipinski definition) is 9. The van der Waals surface area contributed by atoms with Gasteiger partial charge in [0.05, 0.1) is 24.5 Å². The van der Waals surface area contributed by atoms with E-state index >= 15 is 0 Å². The van der Waals surface area contributed by atoms with Crippen molar-refractivity contribution < 1.29 is 28.7 Å². The number of anilines is 3. The third kappa shape index (κ3) is 9.65. The van der Waals surface area contributed by atoms with Gasteiger partial charge in [-0.2, -0.15) is 0 Å². The Hall–Kier alpha value is -5.40. The summed E-state index contributed by atoms with van der Waals surface area (Å²) in [7, 11) is 3.87. The van der Waals surface area contributed by atoms with Crippen LogP contribution in [0.3, 0.4) is 0 Å². The smallest absolute Gasteiger partial charge is 0.341 e. The normalized spacial score (nSPS) is 12.4. The van der Waals surface area contributed by atoms with Crippen molar-refractivity contribution >= 4 is 75.1 Å². The van der Waals surface area contributed by atoms with Gasteiger partial charge in [0.1, 0.15) is 10.7 Å². The lowest BCUT2D eigenvalue weighted by molar-refractivity contribution is -0.129. The number of amides is 4. The van der Waals surface area contributed by atoms with Crippen LogP contribution in [-0.2, 0) is 32.1 Å². The Labute approximate surface area is 305 Å². The summed E-state index contributed by atoms with van der Waals surface area (Å²) < 4.78 is 5.30. The number of hydrogen-bond donors (Lipinski definition) is 3. The number of rotatable bonds is 12. The average Bonchev–Trinajstić information content (AvgIpc) is 3.48. The summed E-state index contributed by atoms with van der Waals surface area (Å²) in [5, 5.41) is 8.91. The van der Waals surface area contributed by atoms with Crippen molar-refractivity contribution in [3.63, 3.8) is 0 Å². The molecule has 2 heterocycles. The summed E-state index contributed by atoms with van der Waals surface area (Å²) in [5.74, 6) is -1.79. The standard InChI is InChI=1S/C38H39N5O6S2/c1-5-49-38(48)34-30-18-19-43(24(2)44)22-32(30)51-37(34)41-33(45)23-50-29-13-9-12-27(21-29)39-36(47)31(40-35(46)26-10-7-6-8-11-26)20-25-14-16-28(17-15-25)42(3)4/h6-17,20-21H,5,18-19,22-23H2,1-4H3,(H,39,47)(H,40,46)(H,41,45)/b31-20+. The molecule has 13 heteroatoms. The molecule has 0 fully saturated rings. The number of nitrogens with one attached hydrogen (secondary N) is 3. The fraction of sp³-hybridized carbons (Fsp3) is 0.237. The van der Waals surface area contributed by atoms with E-state index in [1.54, 1.807) is 66.4 Å². The van der Waals surface area contributed by atoms with Gasteiger partial charge in [0, 0.05) is 54.3 Å². The van der Waals surface area contributed by atoms with Crippen molar-refractivity contribution in [3.05, 3.63) is 112 Å². The van der Waals surface area contributed by atoms with E-state index in [4.69, 9.17) is 4.74 Å². The molecule has 0 spiro atoms. The number of benzene rings is 3. The summed E-state index contributed by atoms with van der Waals surface area (Å²) in [6, 6.07) is 23.2. The molecule has 3 aromatic carbocycles. The van der Waals surface area contributed by atoms with Gasteiger partial charge in [-0.1, -0.05) is 36.4 Å². The molecule has 0 saturated carbocycles. The molecule has 11 nitrogen and oxygen atoms in total. The Balaban J connectivity index is 1.28. The summed E-state index contributed by atoms with van der Waals surface area (Å²) in [6.45, 7) is 4.29. The van der Waals surface area contributed by atoms with Crippen LogP contribution in [0.25, 0.3) is 6.08 Å². The van der Waals surface area contributed by atoms with Crippen molar-refractivity contribution in [3.8, 4) is 0 Å². The zero-order chi connectivity index (χ0) is 36.5. The van der Waals surface area contributed by atoms with Gasteiger partial charge in [0.15, 0.2) is 0 Å². The highest BCUT2D eigenvalue weighted by Gasteiger charge is 2.30. The second-order valence-corrected chi connectivity index (χ2v) is 14.0. The maximum atomic E-state index is 13.6. The van der Waals surface area contributed by atoms with Gasteiger partial charge in [-0.3, -0.25) is 19.2 Å². The van der Waals surface area contributed by atoms with Crippen LogP contribution in [0.1, 0.15) is 50.6 Å². The number of fused-ring (bicyclic) bond motifs is 1. The second-order valence-electron chi connectivity index (χ2n) is 11.8. The fourth-order valence-corrected chi connectivity index (χ4v) is 7.35. The molecule has 0 atom stereocenters. The number of carbonyl (C=O) groups is 5. The van der Waals surface area contributed by atoms with Gasteiger partial charge in [0.2, 0.25) is 11.8 Å². The average molecular weight is 726 g/mol. The largest absolute Gasteiger partial charge is 0.462 e. The highest BCUT2D eigenvalue weighted by atomic mass is 32.2. The van der Waals surface area contributed by atoms with Crippen LogP contribution in [0.15, 0.2) is 89.5 Å². The number of carbonyl (C=O) groups excluding carboxylic acids is 5. The van der Waals surface area contributed by atoms with Crippen LogP contribution in [0.2, 0.25) is 0 Å². The van der Waals surface area contributed by atoms with Gasteiger partial charge in [-0.05, 0) is 73.0 Å². The van der Waals surface area contributed by atoms with E-state index < -0.39 is 17.8 Å². The lowest BCUT2D eigenvalue weighted by Crippen LogP contribution is -2.34. The van der Waals surface area contributed by atoms with Gasteiger partial charge in [0.25, 0.3) is 11.8 Å². The number of thiophene rings is 1. The van der Waals surface area contributed by atoms with Crippen LogP contribution >= 0.6 is 23.1 Å². The maximum Gasteiger partial charge on any atom is 0.341 e. The first kappa shape index (κ1) is 36.9. The molecule has 0 bridgehead atoms. The van der Waals surface area contributed by atoms with Crippen molar-refractivity contribution in [2.75, 3.05) is 48.5 Å². The van der Waals surface area contributed by atoms with Crippen molar-refractivity contribution in [2.24, 2.45) is 0 Å². The first-order chi connectivity index (χ1) is 24.5. The van der Waals surface area contributed by atoms with Crippen LogP contribution < -0.4 is 20.9 Å². The summed E-state index contributed by atoms with van der Waals surface area (Å²) in [6.07, 6.45) is 2.11. The number of nitrogens with zero attached hydrogens (tertiary/aromatic N) is 2. The third-order valence-corrected chi connectivity index (χ3v) is 10.1. The molecule has 1 aliphatic heterocycles. The molecule has 3 N–H and O–H groups in total. The highest BCUT2D eigenvalue weighted by molar-refractivity contribution is 8.00. The van der Waals surface area contributed by atoms with Gasteiger partial charge in [-0.25, -0.2) is 4.79 Å². The maximum absolute atomic E-state index is 13.6. The number of ether oxygens (including phenoxy) is 1. The molecule has 264 valence electrons. The van der Waals surface area contributed by atoms with Crippen molar-refractivity contribution in [2.45, 2.75) is 31.7 Å². The van der Waals surface area contributed by atoms with E-state index in [1.807, 2.05) is 49.3 Å². The zero-order valence-electron chi connectivity index (χ0n) is 28.8. The van der Waals surface area contributed by atoms with E-state index in [0.717, 1.165) is 21.7 Å². The molecular weight excluding hydrogens is 687 g/mol. The molecule has 1 aliphatic rings. The molecule has 5 rings (SSSR count). The lowest BCUT2D eigenvalue weighted by atomic mass is 10.0. The van der Waals surface area contributed by atoms with Crippen LogP contribution in [-0.4, -0.2) is 67.5 Å². The van der Waals surface area contributed by atoms with Gasteiger partial charge in [-0.15, -0.1) is 23.1 Å². The second kappa shape index (κ2) is 17.0. The zero-order valence-corrected chi connectivity index (χ0v) is 30.4. The topological polar surface area (TPSA) is 137 Å². The van der Waals surface area contributed by atoms with E-state index in [1.165, 1.54) is 30.0 Å². The predicted octanol–water partition coefficient (Wildman–Crippen LogP) is 6.04. The van der Waals surface area contributed by atoms with Crippen LogP contribution in [0.4, 0.5) is 16.4 Å². The minimum Gasteiger partial charge on any atom is -0.462 e. The van der Waals surface area contributed by atoms with Crippen LogP contribution in [0, 0.1) is 0 Å². The SMILES string of the molecule is CCOC(=O)c1c(NC(=O)CSc2cccc(NC(=O)/C(=C\c3ccc(N(C)C)cc3)NC(=O)c3ccccc3)c2)sc2c1CCN(C(C)=O)C2.